The number of aliphatic hydroxyl groups excluding tert-OH is 1. The maximum absolute atomic E-state index is 9.94. The topological polar surface area (TPSA) is 23.5 Å². The van der Waals surface area contributed by atoms with Crippen LogP contribution in [0.5, 0.6) is 0 Å². The second-order valence-corrected chi connectivity index (χ2v) is 6.17. The molecule has 0 aliphatic heterocycles. The van der Waals surface area contributed by atoms with Crippen molar-refractivity contribution in [3.63, 3.8) is 0 Å². The zero-order chi connectivity index (χ0) is 12.0. The van der Waals surface area contributed by atoms with Crippen LogP contribution in [-0.2, 0) is 0 Å². The van der Waals surface area contributed by atoms with E-state index in [4.69, 9.17) is 0 Å². The number of hydrogen-bond donors (Lipinski definition) is 1. The quantitative estimate of drug-likeness (QED) is 0.778. The summed E-state index contributed by atoms with van der Waals surface area (Å²) in [6, 6.07) is 0.640. The Morgan fingerprint density at radius 3 is 2.69 bits per heavy atom. The maximum atomic E-state index is 9.94. The fourth-order valence-electron chi connectivity index (χ4n) is 2.46. The van der Waals surface area contributed by atoms with Crippen molar-refractivity contribution < 1.29 is 5.11 Å². The first kappa shape index (κ1) is 14.3. The predicted octanol–water partition coefficient (Wildman–Crippen LogP) is 2.61. The van der Waals surface area contributed by atoms with E-state index >= 15 is 0 Å². The molecule has 0 radical (unpaired) electrons. The van der Waals surface area contributed by atoms with Crippen LogP contribution in [0.4, 0.5) is 0 Å². The zero-order valence-electron chi connectivity index (χ0n) is 11.0. The van der Waals surface area contributed by atoms with Crippen molar-refractivity contribution in [1.82, 2.24) is 4.90 Å². The van der Waals surface area contributed by atoms with E-state index in [-0.39, 0.29) is 6.10 Å². The van der Waals surface area contributed by atoms with Crippen LogP contribution in [0, 0.1) is 5.92 Å². The molecule has 1 aliphatic rings. The largest absolute Gasteiger partial charge is 0.393 e. The molecule has 1 rings (SSSR count). The van der Waals surface area contributed by atoms with Crippen LogP contribution in [-0.4, -0.2) is 47.8 Å². The van der Waals surface area contributed by atoms with E-state index in [2.05, 4.69) is 25.1 Å². The lowest BCUT2D eigenvalue weighted by Gasteiger charge is -2.33. The summed E-state index contributed by atoms with van der Waals surface area (Å²) in [4.78, 5) is 2.43. The lowest BCUT2D eigenvalue weighted by Crippen LogP contribution is -2.39. The van der Waals surface area contributed by atoms with Gasteiger partial charge in [0.2, 0.25) is 0 Å². The van der Waals surface area contributed by atoms with Gasteiger partial charge in [-0.05, 0) is 51.2 Å². The molecular weight excluding hydrogens is 218 g/mol. The van der Waals surface area contributed by atoms with Crippen LogP contribution in [0.3, 0.4) is 0 Å². The summed E-state index contributed by atoms with van der Waals surface area (Å²) in [6.45, 7) is 3.36. The van der Waals surface area contributed by atoms with Crippen LogP contribution >= 0.6 is 11.8 Å². The van der Waals surface area contributed by atoms with Crippen molar-refractivity contribution >= 4 is 11.8 Å². The van der Waals surface area contributed by atoms with Crippen molar-refractivity contribution in [2.24, 2.45) is 5.92 Å². The first-order valence-corrected chi connectivity index (χ1v) is 7.91. The maximum Gasteiger partial charge on any atom is 0.0580 e. The van der Waals surface area contributed by atoms with Crippen molar-refractivity contribution in [3.05, 3.63) is 0 Å². The molecule has 2 nitrogen and oxygen atoms in total. The summed E-state index contributed by atoms with van der Waals surface area (Å²) >= 11 is 1.92. The minimum absolute atomic E-state index is 0.0519. The van der Waals surface area contributed by atoms with Crippen LogP contribution in [0.25, 0.3) is 0 Å². The molecule has 3 heteroatoms. The lowest BCUT2D eigenvalue weighted by molar-refractivity contribution is 0.0445. The first-order valence-electron chi connectivity index (χ1n) is 6.52. The predicted molar refractivity (Wildman–Crippen MR) is 73.1 cm³/mol. The Hall–Kier alpha value is 0.270. The molecule has 1 aliphatic carbocycles. The third-order valence-corrected chi connectivity index (χ3v) is 4.53. The average molecular weight is 245 g/mol. The van der Waals surface area contributed by atoms with Crippen LogP contribution in [0.1, 0.15) is 39.0 Å². The van der Waals surface area contributed by atoms with Crippen LogP contribution in [0.2, 0.25) is 0 Å². The molecule has 0 bridgehead atoms. The van der Waals surface area contributed by atoms with Crippen molar-refractivity contribution in [2.75, 3.05) is 25.6 Å². The molecule has 1 saturated carbocycles. The number of hydrogen-bond acceptors (Lipinski definition) is 3. The summed E-state index contributed by atoms with van der Waals surface area (Å²) in [7, 11) is 2.20. The van der Waals surface area contributed by atoms with Crippen LogP contribution < -0.4 is 0 Å². The molecule has 0 aromatic heterocycles. The van der Waals surface area contributed by atoms with E-state index in [1.807, 2.05) is 11.8 Å². The van der Waals surface area contributed by atoms with Crippen molar-refractivity contribution in [1.29, 1.82) is 0 Å². The highest BCUT2D eigenvalue weighted by molar-refractivity contribution is 7.98. The second kappa shape index (κ2) is 7.57. The first-order chi connectivity index (χ1) is 7.65. The average Bonchev–Trinajstić information content (AvgIpc) is 2.28. The monoisotopic (exact) mass is 245 g/mol. The van der Waals surface area contributed by atoms with Gasteiger partial charge in [0.05, 0.1) is 6.10 Å². The van der Waals surface area contributed by atoms with E-state index in [0.29, 0.717) is 12.0 Å². The summed E-state index contributed by atoms with van der Waals surface area (Å²) in [5, 5.41) is 9.94. The van der Waals surface area contributed by atoms with Crippen molar-refractivity contribution in [2.45, 2.75) is 51.2 Å². The molecule has 0 amide bonds. The molecule has 0 spiro atoms. The third-order valence-electron chi connectivity index (χ3n) is 3.88. The Morgan fingerprint density at radius 2 is 2.06 bits per heavy atom. The van der Waals surface area contributed by atoms with E-state index in [0.717, 1.165) is 13.0 Å². The molecule has 1 N–H and O–H groups in total. The summed E-state index contributed by atoms with van der Waals surface area (Å²) < 4.78 is 0. The molecule has 0 aromatic carbocycles. The SMILES string of the molecule is CSCCC(C)N(C)CC1CCCCC1O. The van der Waals surface area contributed by atoms with E-state index in [1.165, 1.54) is 31.4 Å². The van der Waals surface area contributed by atoms with Gasteiger partial charge in [-0.15, -0.1) is 0 Å². The Balaban J connectivity index is 2.28. The Labute approximate surface area is 105 Å². The smallest absolute Gasteiger partial charge is 0.0580 e. The van der Waals surface area contributed by atoms with Gasteiger partial charge in [-0.25, -0.2) is 0 Å². The number of thioether (sulfide) groups is 1. The van der Waals surface area contributed by atoms with E-state index in [1.54, 1.807) is 0 Å². The van der Waals surface area contributed by atoms with Gasteiger partial charge in [-0.3, -0.25) is 0 Å². The van der Waals surface area contributed by atoms with E-state index < -0.39 is 0 Å². The number of nitrogens with zero attached hydrogens (tertiary/aromatic N) is 1. The Kier molecular flexibility index (Phi) is 6.78. The van der Waals surface area contributed by atoms with Gasteiger partial charge in [0, 0.05) is 12.6 Å². The van der Waals surface area contributed by atoms with Crippen LogP contribution in [0.15, 0.2) is 0 Å². The highest BCUT2D eigenvalue weighted by atomic mass is 32.2. The minimum atomic E-state index is -0.0519. The highest BCUT2D eigenvalue weighted by Gasteiger charge is 2.25. The minimum Gasteiger partial charge on any atom is -0.393 e. The molecular formula is C13H27NOS. The zero-order valence-corrected chi connectivity index (χ0v) is 11.8. The highest BCUT2D eigenvalue weighted by Crippen LogP contribution is 2.25. The van der Waals surface area contributed by atoms with Gasteiger partial charge in [-0.2, -0.15) is 11.8 Å². The normalized spacial score (nSPS) is 28.3. The van der Waals surface area contributed by atoms with Crippen molar-refractivity contribution in [3.8, 4) is 0 Å². The number of aliphatic hydroxyl groups is 1. The summed E-state index contributed by atoms with van der Waals surface area (Å²) in [6.07, 6.45) is 8.10. The summed E-state index contributed by atoms with van der Waals surface area (Å²) in [5.74, 6) is 1.74. The Morgan fingerprint density at radius 1 is 1.38 bits per heavy atom. The molecule has 3 atom stereocenters. The molecule has 0 saturated heterocycles. The Bertz CT molecular complexity index is 189. The molecule has 16 heavy (non-hydrogen) atoms. The third kappa shape index (κ3) is 4.64. The molecule has 1 fully saturated rings. The second-order valence-electron chi connectivity index (χ2n) is 5.18. The molecule has 0 heterocycles. The molecule has 96 valence electrons. The lowest BCUT2D eigenvalue weighted by atomic mass is 9.86. The van der Waals surface area contributed by atoms with Gasteiger partial charge in [0.15, 0.2) is 0 Å². The molecule has 3 unspecified atom stereocenters. The van der Waals surface area contributed by atoms with Gasteiger partial charge in [-0.1, -0.05) is 12.8 Å². The summed E-state index contributed by atoms with van der Waals surface area (Å²) in [5.41, 5.74) is 0. The van der Waals surface area contributed by atoms with Gasteiger partial charge in [0.1, 0.15) is 0 Å². The molecule has 0 aromatic rings. The fraction of sp³-hybridized carbons (Fsp3) is 1.00. The van der Waals surface area contributed by atoms with E-state index in [9.17, 15) is 5.11 Å². The standard InChI is InChI=1S/C13H27NOS/c1-11(8-9-16-3)14(2)10-12-6-4-5-7-13(12)15/h11-13,15H,4-10H2,1-3H3. The number of rotatable bonds is 6. The fourth-order valence-corrected chi connectivity index (χ4v) is 3.04. The van der Waals surface area contributed by atoms with Gasteiger partial charge in [0.25, 0.3) is 0 Å². The van der Waals surface area contributed by atoms with Gasteiger partial charge < -0.3 is 10.0 Å². The van der Waals surface area contributed by atoms with Gasteiger partial charge >= 0.3 is 0 Å².